The number of rotatable bonds is 4. The molecule has 154 valence electrons. The van der Waals surface area contributed by atoms with Gasteiger partial charge >= 0.3 is 0 Å². The van der Waals surface area contributed by atoms with Crippen molar-refractivity contribution in [2.45, 2.75) is 17.5 Å². The smallest absolute Gasteiger partial charge is 0.244 e. The summed E-state index contributed by atoms with van der Waals surface area (Å²) in [7, 11) is -2.10. The number of nitrogens with one attached hydrogen (secondary N) is 1. The van der Waals surface area contributed by atoms with Crippen molar-refractivity contribution in [1.29, 1.82) is 0 Å². The topological polar surface area (TPSA) is 104 Å². The molecular formula is C20H18FN5O3S. The molecule has 4 aromatic rings. The molecule has 2 aromatic heterocycles. The van der Waals surface area contributed by atoms with Crippen LogP contribution in [0.5, 0.6) is 0 Å². The third-order valence-corrected chi connectivity index (χ3v) is 7.30. The molecule has 3 heterocycles. The zero-order chi connectivity index (χ0) is 21.0. The Bertz CT molecular complexity index is 1380. The summed E-state index contributed by atoms with van der Waals surface area (Å²) in [5.41, 5.74) is 2.77. The standard InChI is InChI=1S/C20H18FN5O3S/c1-25-11-23-20(24-25)9-26-18(10-27)15-6-12(2-5-19(15)30(26,28)29)16-8-22-17-7-13(21)3-4-14(16)17/h2-8,11,18,22,27H,9-10H2,1H3. The predicted octanol–water partition coefficient (Wildman–Crippen LogP) is 2.34. The SMILES string of the molecule is Cn1cnc(CN2C(CO)c3cc(-c4c[nH]c5cc(F)ccc45)ccc3S2(=O)=O)n1. The number of halogens is 1. The van der Waals surface area contributed by atoms with E-state index in [2.05, 4.69) is 15.1 Å². The molecule has 1 aliphatic rings. The number of aliphatic hydroxyl groups is 1. The van der Waals surface area contributed by atoms with Crippen molar-refractivity contribution in [2.75, 3.05) is 6.61 Å². The molecule has 0 aliphatic carbocycles. The molecule has 2 aromatic carbocycles. The van der Waals surface area contributed by atoms with Crippen LogP contribution in [0.1, 0.15) is 17.4 Å². The van der Waals surface area contributed by atoms with Crippen molar-refractivity contribution < 1.29 is 17.9 Å². The molecule has 0 bridgehead atoms. The highest BCUT2D eigenvalue weighted by Gasteiger charge is 2.43. The number of hydrogen-bond acceptors (Lipinski definition) is 5. The number of aromatic nitrogens is 4. The van der Waals surface area contributed by atoms with E-state index in [9.17, 15) is 17.9 Å². The van der Waals surface area contributed by atoms with Crippen LogP contribution in [0.3, 0.4) is 0 Å². The molecule has 1 aliphatic heterocycles. The van der Waals surface area contributed by atoms with Crippen molar-refractivity contribution in [2.24, 2.45) is 7.05 Å². The third-order valence-electron chi connectivity index (χ3n) is 5.38. The van der Waals surface area contributed by atoms with Gasteiger partial charge in [0.15, 0.2) is 5.82 Å². The van der Waals surface area contributed by atoms with Gasteiger partial charge in [-0.25, -0.2) is 17.8 Å². The second kappa shape index (κ2) is 6.73. The Morgan fingerprint density at radius 3 is 2.80 bits per heavy atom. The zero-order valence-corrected chi connectivity index (χ0v) is 16.8. The average Bonchev–Trinajstić information content (AvgIpc) is 3.37. The lowest BCUT2D eigenvalue weighted by molar-refractivity contribution is 0.189. The maximum Gasteiger partial charge on any atom is 0.244 e. The lowest BCUT2D eigenvalue weighted by Gasteiger charge is -2.20. The Morgan fingerprint density at radius 1 is 1.23 bits per heavy atom. The molecule has 5 rings (SSSR count). The van der Waals surface area contributed by atoms with Gasteiger partial charge < -0.3 is 10.1 Å². The molecule has 0 amide bonds. The van der Waals surface area contributed by atoms with Gasteiger partial charge in [0, 0.05) is 29.7 Å². The Kier molecular flexibility index (Phi) is 4.24. The summed E-state index contributed by atoms with van der Waals surface area (Å²) >= 11 is 0. The monoisotopic (exact) mass is 427 g/mol. The van der Waals surface area contributed by atoms with Gasteiger partial charge in [-0.2, -0.15) is 9.40 Å². The van der Waals surface area contributed by atoms with Gasteiger partial charge in [0.25, 0.3) is 0 Å². The Labute approximate surface area is 171 Å². The van der Waals surface area contributed by atoms with Crippen LogP contribution in [-0.4, -0.2) is 44.2 Å². The van der Waals surface area contributed by atoms with Gasteiger partial charge in [0.05, 0.1) is 24.1 Å². The Hall–Kier alpha value is -3.08. The molecule has 10 heteroatoms. The summed E-state index contributed by atoms with van der Waals surface area (Å²) in [6.07, 6.45) is 3.26. The minimum atomic E-state index is -3.80. The molecule has 0 fully saturated rings. The highest BCUT2D eigenvalue weighted by Crippen LogP contribution is 2.42. The largest absolute Gasteiger partial charge is 0.394 e. The number of hydrogen-bond donors (Lipinski definition) is 2. The lowest BCUT2D eigenvalue weighted by Crippen LogP contribution is -2.30. The average molecular weight is 427 g/mol. The van der Waals surface area contributed by atoms with Crippen molar-refractivity contribution in [1.82, 2.24) is 24.1 Å². The van der Waals surface area contributed by atoms with Crippen molar-refractivity contribution in [3.8, 4) is 11.1 Å². The normalized spacial score (nSPS) is 18.2. The summed E-state index contributed by atoms with van der Waals surface area (Å²) in [6, 6.07) is 8.78. The summed E-state index contributed by atoms with van der Waals surface area (Å²) in [4.78, 5) is 7.31. The van der Waals surface area contributed by atoms with Gasteiger partial charge in [-0.3, -0.25) is 4.68 Å². The van der Waals surface area contributed by atoms with Crippen LogP contribution in [0.15, 0.2) is 53.8 Å². The fourth-order valence-electron chi connectivity index (χ4n) is 3.98. The molecule has 2 N–H and O–H groups in total. The quantitative estimate of drug-likeness (QED) is 0.520. The molecule has 0 spiro atoms. The van der Waals surface area contributed by atoms with Crippen LogP contribution in [-0.2, 0) is 23.6 Å². The van der Waals surface area contributed by atoms with Crippen molar-refractivity contribution >= 4 is 20.9 Å². The molecule has 0 saturated heterocycles. The lowest BCUT2D eigenvalue weighted by atomic mass is 9.99. The van der Waals surface area contributed by atoms with Crippen molar-refractivity contribution in [3.05, 3.63) is 66.1 Å². The number of benzene rings is 2. The first-order valence-corrected chi connectivity index (χ1v) is 10.7. The first-order valence-electron chi connectivity index (χ1n) is 9.26. The fraction of sp³-hybridized carbons (Fsp3) is 0.200. The number of fused-ring (bicyclic) bond motifs is 2. The van der Waals surface area contributed by atoms with E-state index in [1.54, 1.807) is 37.5 Å². The second-order valence-corrected chi connectivity index (χ2v) is 9.09. The van der Waals surface area contributed by atoms with E-state index in [0.717, 1.165) is 16.5 Å². The van der Waals surface area contributed by atoms with Gasteiger partial charge in [-0.15, -0.1) is 0 Å². The summed E-state index contributed by atoms with van der Waals surface area (Å²) in [5, 5.41) is 15.0. The number of sulfonamides is 1. The predicted molar refractivity (Wildman–Crippen MR) is 107 cm³/mol. The van der Waals surface area contributed by atoms with E-state index >= 15 is 0 Å². The molecule has 8 nitrogen and oxygen atoms in total. The molecular weight excluding hydrogens is 409 g/mol. The van der Waals surface area contributed by atoms with E-state index in [0.29, 0.717) is 16.9 Å². The molecule has 0 radical (unpaired) electrons. The van der Waals surface area contributed by atoms with Gasteiger partial charge in [-0.1, -0.05) is 6.07 Å². The van der Waals surface area contributed by atoms with Crippen LogP contribution in [0.2, 0.25) is 0 Å². The maximum absolute atomic E-state index is 13.5. The zero-order valence-electron chi connectivity index (χ0n) is 15.9. The van der Waals surface area contributed by atoms with Gasteiger partial charge in [0.2, 0.25) is 10.0 Å². The van der Waals surface area contributed by atoms with Crippen LogP contribution in [0.25, 0.3) is 22.0 Å². The second-order valence-electron chi connectivity index (χ2n) is 7.23. The highest BCUT2D eigenvalue weighted by atomic mass is 32.2. The Morgan fingerprint density at radius 2 is 2.07 bits per heavy atom. The van der Waals surface area contributed by atoms with Crippen LogP contribution in [0.4, 0.5) is 4.39 Å². The van der Waals surface area contributed by atoms with E-state index in [-0.39, 0.29) is 23.9 Å². The van der Waals surface area contributed by atoms with E-state index in [1.165, 1.54) is 27.4 Å². The van der Waals surface area contributed by atoms with E-state index in [4.69, 9.17) is 0 Å². The molecule has 1 unspecified atom stereocenters. The highest BCUT2D eigenvalue weighted by molar-refractivity contribution is 7.89. The van der Waals surface area contributed by atoms with E-state index in [1.807, 2.05) is 0 Å². The first kappa shape index (κ1) is 18.9. The number of aromatic amines is 1. The van der Waals surface area contributed by atoms with Gasteiger partial charge in [-0.05, 0) is 41.5 Å². The number of aliphatic hydroxyl groups excluding tert-OH is 1. The first-order chi connectivity index (χ1) is 14.4. The van der Waals surface area contributed by atoms with E-state index < -0.39 is 16.1 Å². The van der Waals surface area contributed by atoms with Crippen LogP contribution in [0, 0.1) is 5.82 Å². The molecule has 1 atom stereocenters. The number of nitrogens with zero attached hydrogens (tertiary/aromatic N) is 4. The summed E-state index contributed by atoms with van der Waals surface area (Å²) < 4.78 is 42.5. The summed E-state index contributed by atoms with van der Waals surface area (Å²) in [5.74, 6) is 0.0151. The minimum absolute atomic E-state index is 0.0369. The van der Waals surface area contributed by atoms with Crippen LogP contribution >= 0.6 is 0 Å². The molecule has 30 heavy (non-hydrogen) atoms. The number of H-pyrrole nitrogens is 1. The van der Waals surface area contributed by atoms with Crippen molar-refractivity contribution in [3.63, 3.8) is 0 Å². The maximum atomic E-state index is 13.5. The molecule has 0 saturated carbocycles. The minimum Gasteiger partial charge on any atom is -0.394 e. The fourth-order valence-corrected chi connectivity index (χ4v) is 5.76. The van der Waals surface area contributed by atoms with Gasteiger partial charge in [0.1, 0.15) is 12.1 Å². The third kappa shape index (κ3) is 2.83. The number of aryl methyl sites for hydroxylation is 1. The van der Waals surface area contributed by atoms with Crippen LogP contribution < -0.4 is 0 Å². The Balaban J connectivity index is 1.59. The summed E-state index contributed by atoms with van der Waals surface area (Å²) in [6.45, 7) is -0.410.